The van der Waals surface area contributed by atoms with Gasteiger partial charge in [0.05, 0.1) is 0 Å². The molecule has 0 saturated carbocycles. The minimum atomic E-state index is 0.338. The lowest BCUT2D eigenvalue weighted by Gasteiger charge is -2.25. The van der Waals surface area contributed by atoms with Crippen LogP contribution in [0.1, 0.15) is 259 Å². The molecule has 0 atom stereocenters. The molecule has 0 aromatic heterocycles. The highest BCUT2D eigenvalue weighted by Crippen LogP contribution is 2.14. The molecule has 2 amide bonds. The van der Waals surface area contributed by atoms with Gasteiger partial charge in [-0.25, -0.2) is 0 Å². The average molecular weight is 757 g/mol. The van der Waals surface area contributed by atoms with E-state index in [1.807, 2.05) is 0 Å². The molecular weight excluding hydrogens is 661 g/mol. The summed E-state index contributed by atoms with van der Waals surface area (Å²) in [5, 5.41) is 0. The zero-order valence-electron chi connectivity index (χ0n) is 37.3. The van der Waals surface area contributed by atoms with E-state index in [2.05, 4.69) is 61.8 Å². The third-order valence-electron chi connectivity index (χ3n) is 11.2. The SMILES string of the molecule is CCCCCCCC/C=C\CCCCCCCCN(CCCCN(CCCCCCCC/C=C\CCCCCCCC)C(=O)CCCC)C(=O)CCCC. The minimum absolute atomic E-state index is 0.338. The summed E-state index contributed by atoms with van der Waals surface area (Å²) >= 11 is 0. The molecule has 318 valence electrons. The molecule has 0 unspecified atom stereocenters. The van der Waals surface area contributed by atoms with Gasteiger partial charge in [-0.15, -0.1) is 0 Å². The Kier molecular flexibility index (Phi) is 42.8. The Morgan fingerprint density at radius 1 is 0.296 bits per heavy atom. The molecule has 4 nitrogen and oxygen atoms in total. The van der Waals surface area contributed by atoms with E-state index >= 15 is 0 Å². The maximum Gasteiger partial charge on any atom is 0.222 e. The summed E-state index contributed by atoms with van der Waals surface area (Å²) in [4.78, 5) is 30.5. The van der Waals surface area contributed by atoms with Crippen molar-refractivity contribution in [2.24, 2.45) is 0 Å². The molecular formula is C50H96N2O2. The fourth-order valence-electron chi connectivity index (χ4n) is 7.40. The fraction of sp³-hybridized carbons (Fsp3) is 0.880. The lowest BCUT2D eigenvalue weighted by molar-refractivity contribution is -0.133. The smallest absolute Gasteiger partial charge is 0.222 e. The van der Waals surface area contributed by atoms with Crippen LogP contribution in [0.2, 0.25) is 0 Å². The van der Waals surface area contributed by atoms with Crippen molar-refractivity contribution in [1.82, 2.24) is 9.80 Å². The zero-order valence-corrected chi connectivity index (χ0v) is 37.3. The van der Waals surface area contributed by atoms with Gasteiger partial charge in [-0.05, 0) is 89.9 Å². The van der Waals surface area contributed by atoms with Crippen LogP contribution in [0, 0.1) is 0 Å². The maximum absolute atomic E-state index is 13.1. The molecule has 0 saturated heterocycles. The van der Waals surface area contributed by atoms with Crippen molar-refractivity contribution in [2.45, 2.75) is 259 Å². The van der Waals surface area contributed by atoms with E-state index in [-0.39, 0.29) is 0 Å². The second-order valence-corrected chi connectivity index (χ2v) is 16.6. The largest absolute Gasteiger partial charge is 0.343 e. The van der Waals surface area contributed by atoms with Crippen LogP contribution in [0.15, 0.2) is 24.3 Å². The number of carbonyl (C=O) groups excluding carboxylic acids is 2. The van der Waals surface area contributed by atoms with Gasteiger partial charge in [-0.3, -0.25) is 9.59 Å². The summed E-state index contributed by atoms with van der Waals surface area (Å²) in [5.74, 6) is 0.675. The number of amides is 2. The van der Waals surface area contributed by atoms with E-state index in [1.165, 1.54) is 167 Å². The van der Waals surface area contributed by atoms with E-state index in [4.69, 9.17) is 0 Å². The standard InChI is InChI=1S/C50H96N2O2/c1-5-9-13-15-17-19-21-23-25-27-29-31-33-35-37-39-45-51(49(53)43-11-7-3)47-41-42-48-52(50(54)44-12-8-4)46-40-38-36-34-32-30-28-26-24-22-20-18-16-14-10-6-2/h23-26H,5-22,27-48H2,1-4H3/b25-23-,26-24-. The Balaban J connectivity index is 4.27. The van der Waals surface area contributed by atoms with E-state index < -0.39 is 0 Å². The quantitative estimate of drug-likeness (QED) is 0.0459. The van der Waals surface area contributed by atoms with Crippen LogP contribution in [-0.4, -0.2) is 47.8 Å². The summed E-state index contributed by atoms with van der Waals surface area (Å²) in [6.07, 6.45) is 53.8. The predicted molar refractivity (Wildman–Crippen MR) is 240 cm³/mol. The van der Waals surface area contributed by atoms with Crippen LogP contribution in [0.4, 0.5) is 0 Å². The first-order chi connectivity index (χ1) is 26.6. The lowest BCUT2D eigenvalue weighted by Crippen LogP contribution is -2.35. The van der Waals surface area contributed by atoms with Crippen LogP contribution < -0.4 is 0 Å². The number of carbonyl (C=O) groups is 2. The van der Waals surface area contributed by atoms with Crippen LogP contribution in [0.25, 0.3) is 0 Å². The topological polar surface area (TPSA) is 40.6 Å². The normalized spacial score (nSPS) is 11.7. The first-order valence-corrected chi connectivity index (χ1v) is 24.5. The van der Waals surface area contributed by atoms with Gasteiger partial charge in [0.15, 0.2) is 0 Å². The molecule has 0 aromatic carbocycles. The highest BCUT2D eigenvalue weighted by Gasteiger charge is 2.15. The predicted octanol–water partition coefficient (Wildman–Crippen LogP) is 15.9. The first-order valence-electron chi connectivity index (χ1n) is 24.5. The molecule has 0 radical (unpaired) electrons. The Morgan fingerprint density at radius 3 is 0.796 bits per heavy atom. The summed E-state index contributed by atoms with van der Waals surface area (Å²) in [5.41, 5.74) is 0. The molecule has 0 spiro atoms. The maximum atomic E-state index is 13.1. The van der Waals surface area contributed by atoms with E-state index in [9.17, 15) is 9.59 Å². The van der Waals surface area contributed by atoms with Crippen LogP contribution in [-0.2, 0) is 9.59 Å². The van der Waals surface area contributed by atoms with Crippen molar-refractivity contribution in [3.05, 3.63) is 24.3 Å². The lowest BCUT2D eigenvalue weighted by atomic mass is 10.1. The number of hydrogen-bond acceptors (Lipinski definition) is 2. The van der Waals surface area contributed by atoms with Gasteiger partial charge < -0.3 is 9.80 Å². The molecule has 0 aromatic rings. The Bertz CT molecular complexity index is 768. The Morgan fingerprint density at radius 2 is 0.519 bits per heavy atom. The van der Waals surface area contributed by atoms with Gasteiger partial charge in [-0.1, -0.05) is 180 Å². The Labute approximate surface area is 339 Å². The number of unbranched alkanes of at least 4 members (excludes halogenated alkanes) is 27. The summed E-state index contributed by atoms with van der Waals surface area (Å²) in [6.45, 7) is 12.4. The molecule has 0 N–H and O–H groups in total. The van der Waals surface area contributed by atoms with Gasteiger partial charge in [-0.2, -0.15) is 0 Å². The summed E-state index contributed by atoms with van der Waals surface area (Å²) in [7, 11) is 0. The number of rotatable bonds is 43. The number of nitrogens with zero attached hydrogens (tertiary/aromatic N) is 2. The fourth-order valence-corrected chi connectivity index (χ4v) is 7.40. The highest BCUT2D eigenvalue weighted by molar-refractivity contribution is 5.76. The van der Waals surface area contributed by atoms with Crippen molar-refractivity contribution < 1.29 is 9.59 Å². The minimum Gasteiger partial charge on any atom is -0.343 e. The summed E-state index contributed by atoms with van der Waals surface area (Å²) in [6, 6.07) is 0. The van der Waals surface area contributed by atoms with Gasteiger partial charge in [0.2, 0.25) is 11.8 Å². The van der Waals surface area contributed by atoms with E-state index in [0.29, 0.717) is 24.7 Å². The van der Waals surface area contributed by atoms with E-state index in [0.717, 1.165) is 77.5 Å². The molecule has 0 heterocycles. The molecule has 0 aliphatic carbocycles. The van der Waals surface area contributed by atoms with Crippen molar-refractivity contribution in [3.63, 3.8) is 0 Å². The highest BCUT2D eigenvalue weighted by atomic mass is 16.2. The molecule has 54 heavy (non-hydrogen) atoms. The second kappa shape index (κ2) is 44.1. The third kappa shape index (κ3) is 37.3. The Hall–Kier alpha value is -1.58. The molecule has 0 fully saturated rings. The van der Waals surface area contributed by atoms with Gasteiger partial charge in [0.25, 0.3) is 0 Å². The molecule has 0 aliphatic heterocycles. The second-order valence-electron chi connectivity index (χ2n) is 16.6. The van der Waals surface area contributed by atoms with Gasteiger partial charge in [0, 0.05) is 39.0 Å². The molecule has 0 rings (SSSR count). The van der Waals surface area contributed by atoms with Crippen molar-refractivity contribution in [1.29, 1.82) is 0 Å². The van der Waals surface area contributed by atoms with Crippen molar-refractivity contribution in [2.75, 3.05) is 26.2 Å². The number of hydrogen-bond donors (Lipinski definition) is 0. The molecule has 0 aliphatic rings. The molecule has 4 heteroatoms. The molecule has 0 bridgehead atoms. The van der Waals surface area contributed by atoms with E-state index in [1.54, 1.807) is 0 Å². The van der Waals surface area contributed by atoms with Crippen molar-refractivity contribution >= 4 is 11.8 Å². The van der Waals surface area contributed by atoms with Gasteiger partial charge >= 0.3 is 0 Å². The van der Waals surface area contributed by atoms with Crippen LogP contribution >= 0.6 is 0 Å². The first kappa shape index (κ1) is 52.4. The monoisotopic (exact) mass is 757 g/mol. The van der Waals surface area contributed by atoms with Crippen molar-refractivity contribution in [3.8, 4) is 0 Å². The van der Waals surface area contributed by atoms with Crippen LogP contribution in [0.5, 0.6) is 0 Å². The number of allylic oxidation sites excluding steroid dienone is 4. The zero-order chi connectivity index (χ0) is 39.4. The van der Waals surface area contributed by atoms with Crippen LogP contribution in [0.3, 0.4) is 0 Å². The summed E-state index contributed by atoms with van der Waals surface area (Å²) < 4.78 is 0. The average Bonchev–Trinajstić information content (AvgIpc) is 3.18. The van der Waals surface area contributed by atoms with Gasteiger partial charge in [0.1, 0.15) is 0 Å². The third-order valence-corrected chi connectivity index (χ3v) is 11.2.